The van der Waals surface area contributed by atoms with Gasteiger partial charge in [0.05, 0.1) is 0 Å². The summed E-state index contributed by atoms with van der Waals surface area (Å²) in [6.45, 7) is 0.963. The Morgan fingerprint density at radius 2 is 2.10 bits per heavy atom. The summed E-state index contributed by atoms with van der Waals surface area (Å²) in [6.07, 6.45) is 4.12. The quantitative estimate of drug-likeness (QED) is 0.820. The van der Waals surface area contributed by atoms with Crippen LogP contribution in [0.15, 0.2) is 24.3 Å². The molecule has 1 aromatic carbocycles. The molecule has 0 saturated carbocycles. The van der Waals surface area contributed by atoms with Crippen LogP contribution >= 0.6 is 23.8 Å². The van der Waals surface area contributed by atoms with Gasteiger partial charge in [-0.05, 0) is 43.1 Å². The van der Waals surface area contributed by atoms with E-state index in [4.69, 9.17) is 23.8 Å². The molecule has 2 N–H and O–H groups in total. The first kappa shape index (κ1) is 13.6. The zero-order chi connectivity index (χ0) is 13.9. The van der Waals surface area contributed by atoms with Gasteiger partial charge in [0.25, 0.3) is 0 Å². The van der Waals surface area contributed by atoms with Gasteiger partial charge in [0.15, 0.2) is 4.77 Å². The third kappa shape index (κ3) is 2.86. The summed E-state index contributed by atoms with van der Waals surface area (Å²) in [5.41, 5.74) is 3.48. The van der Waals surface area contributed by atoms with Crippen LogP contribution in [0.3, 0.4) is 0 Å². The number of rotatable bonds is 2. The highest BCUT2D eigenvalue weighted by Crippen LogP contribution is 2.25. The van der Waals surface area contributed by atoms with E-state index in [0.717, 1.165) is 47.9 Å². The maximum Gasteiger partial charge on any atom is 0.198 e. The smallest absolute Gasteiger partial charge is 0.198 e. The molecule has 2 heterocycles. The molecule has 3 nitrogen and oxygen atoms in total. The van der Waals surface area contributed by atoms with Gasteiger partial charge in [0.1, 0.15) is 5.82 Å². The second-order valence-corrected chi connectivity index (χ2v) is 5.79. The van der Waals surface area contributed by atoms with E-state index in [0.29, 0.717) is 4.77 Å². The van der Waals surface area contributed by atoms with Gasteiger partial charge in [-0.25, -0.2) is 4.98 Å². The Morgan fingerprint density at radius 1 is 1.25 bits per heavy atom. The molecule has 0 atom stereocenters. The fraction of sp³-hybridized carbons (Fsp3) is 0.333. The Hall–Kier alpha value is -1.39. The largest absolute Gasteiger partial charge is 0.370 e. The van der Waals surface area contributed by atoms with E-state index in [2.05, 4.69) is 21.4 Å². The SMILES string of the molecule is S=c1nc2c(c(Cc3ccccc3Cl)[nH]1)CCCCN2. The molecule has 0 radical (unpaired) electrons. The van der Waals surface area contributed by atoms with Crippen LogP contribution in [0.1, 0.15) is 29.7 Å². The van der Waals surface area contributed by atoms with Crippen molar-refractivity contribution in [3.8, 4) is 0 Å². The Bertz CT molecular complexity index is 681. The highest BCUT2D eigenvalue weighted by Gasteiger charge is 2.15. The van der Waals surface area contributed by atoms with Crippen LogP contribution in [0.5, 0.6) is 0 Å². The number of benzene rings is 1. The minimum atomic E-state index is 0.528. The molecule has 0 saturated heterocycles. The van der Waals surface area contributed by atoms with Crippen molar-refractivity contribution < 1.29 is 0 Å². The zero-order valence-corrected chi connectivity index (χ0v) is 12.7. The molecule has 2 aromatic rings. The lowest BCUT2D eigenvalue weighted by Crippen LogP contribution is -2.07. The third-order valence-electron chi connectivity index (χ3n) is 3.59. The van der Waals surface area contributed by atoms with E-state index in [9.17, 15) is 0 Å². The summed E-state index contributed by atoms with van der Waals surface area (Å²) in [5, 5.41) is 4.17. The molecule has 1 aromatic heterocycles. The van der Waals surface area contributed by atoms with Gasteiger partial charge < -0.3 is 10.3 Å². The summed E-state index contributed by atoms with van der Waals surface area (Å²) >= 11 is 11.5. The van der Waals surface area contributed by atoms with Crippen molar-refractivity contribution >= 4 is 29.6 Å². The van der Waals surface area contributed by atoms with Gasteiger partial charge >= 0.3 is 0 Å². The molecule has 0 amide bonds. The summed E-state index contributed by atoms with van der Waals surface area (Å²) in [5.74, 6) is 0.938. The highest BCUT2D eigenvalue weighted by atomic mass is 35.5. The average molecular weight is 306 g/mol. The number of hydrogen-bond donors (Lipinski definition) is 2. The van der Waals surface area contributed by atoms with E-state index in [1.807, 2.05) is 18.2 Å². The van der Waals surface area contributed by atoms with E-state index in [-0.39, 0.29) is 0 Å². The molecule has 20 heavy (non-hydrogen) atoms. The molecule has 5 heteroatoms. The van der Waals surface area contributed by atoms with Crippen molar-refractivity contribution in [2.75, 3.05) is 11.9 Å². The van der Waals surface area contributed by atoms with Crippen molar-refractivity contribution in [1.82, 2.24) is 9.97 Å². The van der Waals surface area contributed by atoms with Gasteiger partial charge in [-0.2, -0.15) is 0 Å². The zero-order valence-electron chi connectivity index (χ0n) is 11.1. The van der Waals surface area contributed by atoms with Crippen LogP contribution in [0.2, 0.25) is 5.02 Å². The number of anilines is 1. The lowest BCUT2D eigenvalue weighted by atomic mass is 10.0. The van der Waals surface area contributed by atoms with Crippen molar-refractivity contribution in [3.05, 3.63) is 50.9 Å². The first-order valence-electron chi connectivity index (χ1n) is 6.83. The number of hydrogen-bond acceptors (Lipinski definition) is 3. The number of aromatic nitrogens is 2. The lowest BCUT2D eigenvalue weighted by Gasteiger charge is -2.13. The maximum absolute atomic E-state index is 6.26. The van der Waals surface area contributed by atoms with Gasteiger partial charge in [0.2, 0.25) is 0 Å². The number of fused-ring (bicyclic) bond motifs is 1. The number of aromatic amines is 1. The summed E-state index contributed by atoms with van der Waals surface area (Å²) in [4.78, 5) is 7.66. The predicted molar refractivity (Wildman–Crippen MR) is 85.1 cm³/mol. The van der Waals surface area contributed by atoms with Crippen LogP contribution in [0.4, 0.5) is 5.82 Å². The molecule has 1 aliphatic rings. The average Bonchev–Trinajstić information content (AvgIpc) is 2.66. The van der Waals surface area contributed by atoms with Gasteiger partial charge in [0, 0.05) is 29.2 Å². The number of halogens is 1. The molecule has 0 bridgehead atoms. The first-order chi connectivity index (χ1) is 9.74. The fourth-order valence-electron chi connectivity index (χ4n) is 2.58. The van der Waals surface area contributed by atoms with Crippen molar-refractivity contribution in [3.63, 3.8) is 0 Å². The van der Waals surface area contributed by atoms with E-state index in [1.165, 1.54) is 12.0 Å². The molecule has 3 rings (SSSR count). The number of H-pyrrole nitrogens is 1. The monoisotopic (exact) mass is 305 g/mol. The van der Waals surface area contributed by atoms with Crippen LogP contribution < -0.4 is 5.32 Å². The Kier molecular flexibility index (Phi) is 4.03. The van der Waals surface area contributed by atoms with Crippen LogP contribution in [0.25, 0.3) is 0 Å². The Morgan fingerprint density at radius 3 is 2.95 bits per heavy atom. The van der Waals surface area contributed by atoms with Crippen molar-refractivity contribution in [2.24, 2.45) is 0 Å². The van der Waals surface area contributed by atoms with Gasteiger partial charge in [-0.3, -0.25) is 0 Å². The molecular weight excluding hydrogens is 290 g/mol. The second-order valence-electron chi connectivity index (χ2n) is 5.00. The topological polar surface area (TPSA) is 40.7 Å². The second kappa shape index (κ2) is 5.94. The van der Waals surface area contributed by atoms with Gasteiger partial charge in [-0.15, -0.1) is 0 Å². The van der Waals surface area contributed by atoms with E-state index in [1.54, 1.807) is 0 Å². The Labute approximate surface area is 128 Å². The summed E-state index contributed by atoms with van der Waals surface area (Å²) in [7, 11) is 0. The predicted octanol–water partition coefficient (Wildman–Crippen LogP) is 4.13. The minimum absolute atomic E-state index is 0.528. The summed E-state index contributed by atoms with van der Waals surface area (Å²) in [6, 6.07) is 7.93. The normalized spacial score (nSPS) is 14.2. The van der Waals surface area contributed by atoms with Crippen LogP contribution in [-0.2, 0) is 12.8 Å². The standard InChI is InChI=1S/C15H16ClN3S/c16-12-7-2-1-5-10(12)9-13-11-6-3-4-8-17-14(11)19-15(20)18-13/h1-2,5,7H,3-4,6,8-9H2,(H2,17,18,19,20). The molecule has 0 spiro atoms. The molecular formula is C15H16ClN3S. The third-order valence-corrected chi connectivity index (χ3v) is 4.15. The maximum atomic E-state index is 6.26. The molecule has 104 valence electrons. The molecule has 0 unspecified atom stereocenters. The van der Waals surface area contributed by atoms with Crippen molar-refractivity contribution in [2.45, 2.75) is 25.7 Å². The fourth-order valence-corrected chi connectivity index (χ4v) is 2.99. The van der Waals surface area contributed by atoms with E-state index >= 15 is 0 Å². The highest BCUT2D eigenvalue weighted by molar-refractivity contribution is 7.71. The van der Waals surface area contributed by atoms with Crippen LogP contribution in [0, 0.1) is 4.77 Å². The van der Waals surface area contributed by atoms with Crippen LogP contribution in [-0.4, -0.2) is 16.5 Å². The lowest BCUT2D eigenvalue weighted by molar-refractivity contribution is 0.777. The molecule has 0 fully saturated rings. The number of nitrogens with one attached hydrogen (secondary N) is 2. The molecule has 0 aliphatic carbocycles. The van der Waals surface area contributed by atoms with E-state index < -0.39 is 0 Å². The first-order valence-corrected chi connectivity index (χ1v) is 7.62. The van der Waals surface area contributed by atoms with Gasteiger partial charge in [-0.1, -0.05) is 29.8 Å². The summed E-state index contributed by atoms with van der Waals surface area (Å²) < 4.78 is 0.528. The Balaban J connectivity index is 2.03. The minimum Gasteiger partial charge on any atom is -0.370 e. The number of nitrogens with zero attached hydrogens (tertiary/aromatic N) is 1. The molecule has 1 aliphatic heterocycles. The van der Waals surface area contributed by atoms with Crippen molar-refractivity contribution in [1.29, 1.82) is 0 Å².